The van der Waals surface area contributed by atoms with Crippen molar-refractivity contribution in [1.82, 2.24) is 14.8 Å². The third-order valence-corrected chi connectivity index (χ3v) is 9.07. The first-order valence-electron chi connectivity index (χ1n) is 14.4. The summed E-state index contributed by atoms with van der Waals surface area (Å²) in [7, 11) is 0. The summed E-state index contributed by atoms with van der Waals surface area (Å²) in [6, 6.07) is 17.3. The Labute approximate surface area is 242 Å². The maximum Gasteiger partial charge on any atom is 0.335 e. The molecule has 2 saturated heterocycles. The molecule has 0 saturated carbocycles. The first-order chi connectivity index (χ1) is 20.3. The Balaban J connectivity index is 1.26. The molecule has 3 aromatic rings. The molecule has 2 bridgehead atoms. The van der Waals surface area contributed by atoms with Crippen molar-refractivity contribution in [2.45, 2.75) is 38.6 Å². The molecule has 0 aliphatic carbocycles. The Morgan fingerprint density at radius 2 is 1.69 bits per heavy atom. The van der Waals surface area contributed by atoms with Crippen molar-refractivity contribution in [1.29, 1.82) is 0 Å². The molecule has 5 heterocycles. The van der Waals surface area contributed by atoms with Gasteiger partial charge in [0.2, 0.25) is 12.7 Å². The molecule has 4 aliphatic rings. The van der Waals surface area contributed by atoms with Crippen molar-refractivity contribution < 1.29 is 23.9 Å². The largest absolute Gasteiger partial charge is 0.454 e. The van der Waals surface area contributed by atoms with Gasteiger partial charge < -0.3 is 18.9 Å². The summed E-state index contributed by atoms with van der Waals surface area (Å²) in [5.41, 5.74) is 1.63. The van der Waals surface area contributed by atoms with E-state index in [1.54, 1.807) is 36.4 Å². The van der Waals surface area contributed by atoms with E-state index in [4.69, 9.17) is 9.47 Å². The summed E-state index contributed by atoms with van der Waals surface area (Å²) in [6.45, 7) is 4.12. The molecule has 1 N–H and O–H groups in total. The number of hydrogen-bond donors (Lipinski definition) is 1. The number of barbiturate groups is 1. The number of pyridine rings is 1. The lowest BCUT2D eigenvalue weighted by atomic mass is 9.75. The molecular formula is C32H32N4O6. The van der Waals surface area contributed by atoms with Gasteiger partial charge in [0, 0.05) is 43.9 Å². The molecular weight excluding hydrogens is 536 g/mol. The summed E-state index contributed by atoms with van der Waals surface area (Å²) < 4.78 is 12.9. The van der Waals surface area contributed by atoms with Gasteiger partial charge in [-0.25, -0.2) is 9.69 Å². The minimum absolute atomic E-state index is 0.00000951. The lowest BCUT2D eigenvalue weighted by Crippen LogP contribution is -2.68. The van der Waals surface area contributed by atoms with Gasteiger partial charge >= 0.3 is 6.03 Å². The molecule has 10 heteroatoms. The van der Waals surface area contributed by atoms with Crippen LogP contribution in [0.1, 0.15) is 36.1 Å². The number of nitrogens with one attached hydrogen (secondary N) is 1. The number of carbonyl (C=O) groups excluding carboxylic acids is 3. The van der Waals surface area contributed by atoms with Crippen LogP contribution in [0.3, 0.4) is 0 Å². The number of urea groups is 1. The number of fused-ring (bicyclic) bond motifs is 5. The molecule has 4 amide bonds. The van der Waals surface area contributed by atoms with Crippen molar-refractivity contribution >= 4 is 23.5 Å². The first-order valence-corrected chi connectivity index (χ1v) is 14.4. The topological polar surface area (TPSA) is 110 Å². The second-order valence-corrected chi connectivity index (χ2v) is 11.8. The van der Waals surface area contributed by atoms with E-state index in [1.165, 1.54) is 0 Å². The molecule has 0 unspecified atom stereocenters. The summed E-state index contributed by atoms with van der Waals surface area (Å²) in [5, 5.41) is 2.51. The number of aromatic nitrogens is 1. The molecule has 42 heavy (non-hydrogen) atoms. The molecule has 0 radical (unpaired) electrons. The zero-order valence-corrected chi connectivity index (χ0v) is 23.4. The van der Waals surface area contributed by atoms with Gasteiger partial charge in [-0.05, 0) is 66.6 Å². The van der Waals surface area contributed by atoms with Crippen LogP contribution in [0.15, 0.2) is 65.5 Å². The predicted molar refractivity (Wildman–Crippen MR) is 154 cm³/mol. The third kappa shape index (κ3) is 4.37. The zero-order chi connectivity index (χ0) is 29.0. The summed E-state index contributed by atoms with van der Waals surface area (Å²) in [6.07, 6.45) is 1.84. The lowest BCUT2D eigenvalue weighted by molar-refractivity contribution is -0.144. The third-order valence-electron chi connectivity index (χ3n) is 9.07. The van der Waals surface area contributed by atoms with E-state index < -0.39 is 23.3 Å². The van der Waals surface area contributed by atoms with Crippen molar-refractivity contribution in [3.05, 3.63) is 87.8 Å². The Morgan fingerprint density at radius 1 is 0.905 bits per heavy atom. The van der Waals surface area contributed by atoms with Crippen LogP contribution in [-0.2, 0) is 29.0 Å². The van der Waals surface area contributed by atoms with Crippen LogP contribution >= 0.6 is 0 Å². The second-order valence-electron chi connectivity index (χ2n) is 11.8. The fourth-order valence-corrected chi connectivity index (χ4v) is 7.05. The van der Waals surface area contributed by atoms with E-state index in [0.29, 0.717) is 36.8 Å². The molecule has 2 aromatic carbocycles. The molecule has 10 nitrogen and oxygen atoms in total. The van der Waals surface area contributed by atoms with E-state index in [2.05, 4.69) is 10.2 Å². The smallest absolute Gasteiger partial charge is 0.335 e. The van der Waals surface area contributed by atoms with E-state index in [0.717, 1.165) is 34.6 Å². The van der Waals surface area contributed by atoms with Crippen molar-refractivity contribution in [2.75, 3.05) is 31.3 Å². The van der Waals surface area contributed by atoms with Crippen molar-refractivity contribution in [3.8, 4) is 11.5 Å². The molecule has 3 atom stereocenters. The highest BCUT2D eigenvalue weighted by Gasteiger charge is 2.56. The minimum atomic E-state index is -1.58. The Kier molecular flexibility index (Phi) is 6.38. The molecule has 2 fully saturated rings. The van der Waals surface area contributed by atoms with Gasteiger partial charge in [0.1, 0.15) is 5.41 Å². The minimum Gasteiger partial charge on any atom is -0.454 e. The maximum absolute atomic E-state index is 14.5. The average molecular weight is 569 g/mol. The standard InChI is InChI=1S/C32H32N4O6/c1-2-20-6-9-24(10-7-20)36-30(39)32(29(38)33-31(36)40,14-21-8-11-26-27(13-21)42-19-41-26)18-34-15-22-12-23(17-34)25-4-3-5-28(37)35(25)16-22/h3-11,13,22-23H,2,12,14-19H2,1H3,(H,33,38,40)/t22-,23+,32+/m0/s1. The summed E-state index contributed by atoms with van der Waals surface area (Å²) >= 11 is 0. The van der Waals surface area contributed by atoms with Gasteiger partial charge in [-0.2, -0.15) is 0 Å². The van der Waals surface area contributed by atoms with E-state index >= 15 is 0 Å². The van der Waals surface area contributed by atoms with Crippen LogP contribution < -0.4 is 25.2 Å². The van der Waals surface area contributed by atoms with Crippen molar-refractivity contribution in [2.24, 2.45) is 11.3 Å². The Morgan fingerprint density at radius 3 is 2.50 bits per heavy atom. The summed E-state index contributed by atoms with van der Waals surface area (Å²) in [4.78, 5) is 57.4. The lowest BCUT2D eigenvalue weighted by Gasteiger charge is -2.47. The molecule has 7 rings (SSSR count). The highest BCUT2D eigenvalue weighted by Crippen LogP contribution is 2.40. The Hall–Kier alpha value is -4.44. The highest BCUT2D eigenvalue weighted by molar-refractivity contribution is 6.30. The molecule has 0 spiro atoms. The Bertz CT molecular complexity index is 1650. The molecule has 216 valence electrons. The van der Waals surface area contributed by atoms with E-state index in [-0.39, 0.29) is 37.2 Å². The van der Waals surface area contributed by atoms with Gasteiger partial charge in [-0.15, -0.1) is 0 Å². The normalized spacial score (nSPS) is 24.9. The number of ether oxygens (including phenoxy) is 2. The number of likely N-dealkylation sites (tertiary alicyclic amines) is 1. The SMILES string of the molecule is CCc1ccc(N2C(=O)NC(=O)[C@@](Cc3ccc4c(c3)OCO4)(CN3C[C@@H]4C[C@H](C3)c3cccc(=O)n3C4)C2=O)cc1. The van der Waals surface area contributed by atoms with Gasteiger partial charge in [0.15, 0.2) is 11.5 Å². The van der Waals surface area contributed by atoms with Gasteiger partial charge in [-0.1, -0.05) is 31.2 Å². The fraction of sp³-hybridized carbons (Fsp3) is 0.375. The molecule has 1 aromatic heterocycles. The van der Waals surface area contributed by atoms with Gasteiger partial charge in [0.25, 0.3) is 11.5 Å². The van der Waals surface area contributed by atoms with Crippen LogP contribution in [-0.4, -0.2) is 53.7 Å². The second kappa shape index (κ2) is 10.1. The average Bonchev–Trinajstić information content (AvgIpc) is 3.45. The molecule has 4 aliphatic heterocycles. The fourth-order valence-electron chi connectivity index (χ4n) is 7.05. The zero-order valence-electron chi connectivity index (χ0n) is 23.4. The van der Waals surface area contributed by atoms with E-state index in [9.17, 15) is 19.2 Å². The first kappa shape index (κ1) is 26.5. The number of piperidine rings is 1. The number of hydrogen-bond acceptors (Lipinski definition) is 7. The van der Waals surface area contributed by atoms with Crippen LogP contribution in [0, 0.1) is 11.3 Å². The number of nitrogens with zero attached hydrogens (tertiary/aromatic N) is 3. The van der Waals surface area contributed by atoms with Gasteiger partial charge in [0.05, 0.1) is 5.69 Å². The number of anilines is 1. The van der Waals surface area contributed by atoms with Crippen LogP contribution in [0.25, 0.3) is 0 Å². The quantitative estimate of drug-likeness (QED) is 0.455. The van der Waals surface area contributed by atoms with Crippen LogP contribution in [0.2, 0.25) is 0 Å². The number of carbonyl (C=O) groups is 3. The van der Waals surface area contributed by atoms with Crippen LogP contribution in [0.4, 0.5) is 10.5 Å². The maximum atomic E-state index is 14.5. The number of benzene rings is 2. The number of amides is 4. The van der Waals surface area contributed by atoms with Crippen molar-refractivity contribution in [3.63, 3.8) is 0 Å². The van der Waals surface area contributed by atoms with Crippen LogP contribution in [0.5, 0.6) is 11.5 Å². The predicted octanol–water partition coefficient (Wildman–Crippen LogP) is 3.07. The number of rotatable bonds is 6. The number of imide groups is 2. The monoisotopic (exact) mass is 568 g/mol. The van der Waals surface area contributed by atoms with E-state index in [1.807, 2.05) is 35.8 Å². The summed E-state index contributed by atoms with van der Waals surface area (Å²) in [5.74, 6) is 0.325. The highest BCUT2D eigenvalue weighted by atomic mass is 16.7. The van der Waals surface area contributed by atoms with Gasteiger partial charge in [-0.3, -0.25) is 19.7 Å². The number of aryl methyl sites for hydroxylation is 1.